The fourth-order valence-electron chi connectivity index (χ4n) is 2.88. The lowest BCUT2D eigenvalue weighted by Gasteiger charge is -2.19. The van der Waals surface area contributed by atoms with Gasteiger partial charge in [0.1, 0.15) is 17.5 Å². The number of hydrogen-bond donors (Lipinski definition) is 0. The van der Waals surface area contributed by atoms with E-state index in [1.165, 1.54) is 67.8 Å². The third-order valence-corrected chi connectivity index (χ3v) is 9.88. The van der Waals surface area contributed by atoms with E-state index in [0.717, 1.165) is 29.5 Å². The largest absolute Gasteiger partial charge is 0.206 e. The second-order valence-electron chi connectivity index (χ2n) is 6.21. The summed E-state index contributed by atoms with van der Waals surface area (Å²) in [5, 5.41) is 0. The molecule has 0 radical (unpaired) electrons. The summed E-state index contributed by atoms with van der Waals surface area (Å²) in [6.45, 7) is 1.04. The van der Waals surface area contributed by atoms with Crippen molar-refractivity contribution < 1.29 is 39.5 Å². The van der Waals surface area contributed by atoms with Gasteiger partial charge in [0.2, 0.25) is 0 Å². The maximum Gasteiger partial charge on any atom is 0.198 e. The van der Waals surface area contributed by atoms with Gasteiger partial charge in [-0.05, 0) is 103 Å². The van der Waals surface area contributed by atoms with E-state index in [0.29, 0.717) is 0 Å². The molecule has 0 amide bonds. The Morgan fingerprint density at radius 3 is 1.28 bits per heavy atom. The summed E-state index contributed by atoms with van der Waals surface area (Å²) in [7, 11) is 0. The fourth-order valence-corrected chi connectivity index (χ4v) is 5.34. The van der Waals surface area contributed by atoms with E-state index in [-0.39, 0.29) is 0 Å². The van der Waals surface area contributed by atoms with Crippen LogP contribution in [0.3, 0.4) is 0 Å². The Morgan fingerprint density at radius 1 is 0.344 bits per heavy atom. The van der Waals surface area contributed by atoms with Crippen LogP contribution in [0.5, 0.6) is 0 Å². The molecule has 0 heterocycles. The Labute approximate surface area is 228 Å². The molecule has 0 nitrogen and oxygen atoms in total. The Bertz CT molecular complexity index is 1170. The molecule has 0 aliphatic heterocycles. The molecule has 13 heteroatoms. The zero-order valence-corrected chi connectivity index (χ0v) is 23.5. The molecule has 0 bridgehead atoms. The second kappa shape index (κ2) is 9.54. The van der Waals surface area contributed by atoms with E-state index in [9.17, 15) is 30.7 Å². The summed E-state index contributed by atoms with van der Waals surface area (Å²) in [4.78, 5) is 0. The molecule has 0 fully saturated rings. The van der Waals surface area contributed by atoms with Gasteiger partial charge < -0.3 is 0 Å². The summed E-state index contributed by atoms with van der Waals surface area (Å²) < 4.78 is 128. The van der Waals surface area contributed by atoms with Gasteiger partial charge in [-0.15, -0.1) is 0 Å². The molecule has 0 aliphatic rings. The van der Waals surface area contributed by atoms with E-state index in [1.807, 2.05) is 0 Å². The molecule has 0 aromatic heterocycles. The van der Waals surface area contributed by atoms with E-state index in [4.69, 9.17) is 0 Å². The highest BCUT2D eigenvalue weighted by molar-refractivity contribution is 14.1. The first kappa shape index (κ1) is 26.6. The van der Waals surface area contributed by atoms with Crippen LogP contribution in [0.4, 0.5) is 39.5 Å². The predicted octanol–water partition coefficient (Wildman–Crippen LogP) is 9.00. The average molecular weight is 910 g/mol. The van der Waals surface area contributed by atoms with Gasteiger partial charge in [-0.3, -0.25) is 0 Å². The smallest absolute Gasteiger partial charge is 0.198 e. The van der Waals surface area contributed by atoms with Crippen LogP contribution in [0.1, 0.15) is 5.56 Å². The molecular formula is C19H3F9I4. The van der Waals surface area contributed by atoms with Crippen molar-refractivity contribution in [2.45, 2.75) is 6.92 Å². The Balaban J connectivity index is 2.59. The number of benzene rings is 3. The highest BCUT2D eigenvalue weighted by Gasteiger charge is 2.34. The quantitative estimate of drug-likeness (QED) is 0.104. The van der Waals surface area contributed by atoms with Crippen molar-refractivity contribution >= 4 is 90.4 Å². The van der Waals surface area contributed by atoms with Crippen LogP contribution in [-0.2, 0) is 0 Å². The van der Waals surface area contributed by atoms with Crippen molar-refractivity contribution in [2.75, 3.05) is 0 Å². The van der Waals surface area contributed by atoms with Crippen molar-refractivity contribution in [3.8, 4) is 22.3 Å². The highest BCUT2D eigenvalue weighted by atomic mass is 127. The van der Waals surface area contributed by atoms with Crippen molar-refractivity contribution in [3.63, 3.8) is 0 Å². The lowest BCUT2D eigenvalue weighted by Crippen LogP contribution is -2.10. The maximum atomic E-state index is 15.6. The second-order valence-corrected chi connectivity index (χ2v) is 10.5. The van der Waals surface area contributed by atoms with Gasteiger partial charge >= 0.3 is 0 Å². The predicted molar refractivity (Wildman–Crippen MR) is 133 cm³/mol. The summed E-state index contributed by atoms with van der Waals surface area (Å²) in [5.41, 5.74) is -5.37. The molecule has 0 atom stereocenters. The van der Waals surface area contributed by atoms with Gasteiger partial charge in [-0.2, -0.15) is 0 Å². The topological polar surface area (TPSA) is 0 Å². The van der Waals surface area contributed by atoms with Gasteiger partial charge in [0.15, 0.2) is 34.9 Å². The first-order chi connectivity index (χ1) is 14.7. The molecule has 0 saturated heterocycles. The molecule has 0 spiro atoms. The lowest BCUT2D eigenvalue weighted by atomic mass is 9.93. The lowest BCUT2D eigenvalue weighted by molar-refractivity contribution is 0.407. The zero-order chi connectivity index (χ0) is 24.4. The molecular weight excluding hydrogens is 907 g/mol. The minimum atomic E-state index is -2.33. The molecule has 0 N–H and O–H groups in total. The summed E-state index contributed by atoms with van der Waals surface area (Å²) >= 11 is 5.06. The van der Waals surface area contributed by atoms with Gasteiger partial charge in [-0.25, -0.2) is 39.5 Å². The average Bonchev–Trinajstić information content (AvgIpc) is 2.76. The van der Waals surface area contributed by atoms with Gasteiger partial charge in [-0.1, -0.05) is 0 Å². The molecule has 3 aromatic rings. The van der Waals surface area contributed by atoms with Crippen molar-refractivity contribution in [3.05, 3.63) is 72.2 Å². The number of hydrogen-bond acceptors (Lipinski definition) is 0. The Kier molecular flexibility index (Phi) is 7.91. The third kappa shape index (κ3) is 3.93. The van der Waals surface area contributed by atoms with E-state index in [1.54, 1.807) is 0 Å². The molecule has 3 rings (SSSR count). The SMILES string of the molecule is Cc1c(F)c(-c2c(F)c(F)c(F)c(F)c2I)c(F)c(-c2c(F)c(F)c(I)c(I)c2F)c1I. The Hall–Kier alpha value is -0.0500. The molecule has 0 saturated carbocycles. The minimum absolute atomic E-state index is 0.394. The van der Waals surface area contributed by atoms with Gasteiger partial charge in [0.25, 0.3) is 0 Å². The van der Waals surface area contributed by atoms with Crippen LogP contribution in [0, 0.1) is 73.6 Å². The summed E-state index contributed by atoms with van der Waals surface area (Å²) in [5.74, 6) is -16.6. The van der Waals surface area contributed by atoms with Crippen LogP contribution in [0.15, 0.2) is 0 Å². The van der Waals surface area contributed by atoms with Gasteiger partial charge in [0.05, 0.1) is 21.8 Å². The zero-order valence-electron chi connectivity index (χ0n) is 14.9. The molecule has 0 unspecified atom stereocenters. The highest BCUT2D eigenvalue weighted by Crippen LogP contribution is 2.45. The third-order valence-electron chi connectivity index (χ3n) is 4.46. The van der Waals surface area contributed by atoms with E-state index < -0.39 is 94.5 Å². The molecule has 32 heavy (non-hydrogen) atoms. The van der Waals surface area contributed by atoms with Crippen molar-refractivity contribution in [1.29, 1.82) is 0 Å². The minimum Gasteiger partial charge on any atom is -0.206 e. The van der Waals surface area contributed by atoms with Crippen molar-refractivity contribution in [1.82, 2.24) is 0 Å². The van der Waals surface area contributed by atoms with Gasteiger partial charge in [0, 0.05) is 14.7 Å². The maximum absolute atomic E-state index is 15.6. The van der Waals surface area contributed by atoms with Crippen LogP contribution >= 0.6 is 90.4 Å². The first-order valence-electron chi connectivity index (χ1n) is 7.96. The Morgan fingerprint density at radius 2 is 0.719 bits per heavy atom. The fraction of sp³-hybridized carbons (Fsp3) is 0.0526. The number of rotatable bonds is 2. The standard InChI is InChI=1S/C19H3F9I4/c1-2-7(20)3(6-10(23)12(25)13(26)15(28)17(6)30)8(21)5(16(2)29)4-9(22)14(27)19(32)18(31)11(4)24/h1H3. The summed E-state index contributed by atoms with van der Waals surface area (Å²) in [6, 6.07) is 0. The van der Waals surface area contributed by atoms with Crippen LogP contribution in [-0.4, -0.2) is 0 Å². The monoisotopic (exact) mass is 910 g/mol. The van der Waals surface area contributed by atoms with E-state index >= 15 is 8.78 Å². The molecule has 170 valence electrons. The van der Waals surface area contributed by atoms with Crippen LogP contribution in [0.25, 0.3) is 22.3 Å². The molecule has 3 aromatic carbocycles. The normalized spacial score (nSPS) is 11.4. The first-order valence-corrected chi connectivity index (χ1v) is 12.3. The summed E-state index contributed by atoms with van der Waals surface area (Å²) in [6.07, 6.45) is 0. The molecule has 0 aliphatic carbocycles. The number of halogens is 13. The van der Waals surface area contributed by atoms with Crippen molar-refractivity contribution in [2.24, 2.45) is 0 Å². The van der Waals surface area contributed by atoms with Crippen LogP contribution in [0.2, 0.25) is 0 Å². The van der Waals surface area contributed by atoms with Crippen LogP contribution < -0.4 is 0 Å². The van der Waals surface area contributed by atoms with E-state index in [2.05, 4.69) is 0 Å².